The molecule has 0 aliphatic rings. The third-order valence-corrected chi connectivity index (χ3v) is 2.74. The van der Waals surface area contributed by atoms with Crippen molar-refractivity contribution in [1.82, 2.24) is 0 Å². The Morgan fingerprint density at radius 1 is 1.33 bits per heavy atom. The van der Waals surface area contributed by atoms with Gasteiger partial charge < -0.3 is 9.64 Å². The molecule has 0 bridgehead atoms. The van der Waals surface area contributed by atoms with Crippen LogP contribution in [0, 0.1) is 11.7 Å². The number of rotatable bonds is 4. The van der Waals surface area contributed by atoms with Gasteiger partial charge in [0.2, 0.25) is 5.91 Å². The first-order valence-electron chi connectivity index (χ1n) is 5.62. The molecule has 0 N–H and O–H groups in total. The Balaban J connectivity index is 2.88. The average Bonchev–Trinajstić information content (AvgIpc) is 2.39. The second kappa shape index (κ2) is 6.14. The lowest BCUT2D eigenvalue weighted by Gasteiger charge is -2.21. The molecule has 1 aromatic carbocycles. The fraction of sp³-hybridized carbons (Fsp3) is 0.385. The third-order valence-electron chi connectivity index (χ3n) is 2.74. The maximum absolute atomic E-state index is 12.8. The molecule has 0 spiro atoms. The van der Waals surface area contributed by atoms with Crippen LogP contribution in [-0.4, -0.2) is 26.0 Å². The van der Waals surface area contributed by atoms with E-state index in [-0.39, 0.29) is 11.7 Å². The largest absolute Gasteiger partial charge is 0.468 e. The summed E-state index contributed by atoms with van der Waals surface area (Å²) in [5, 5.41) is 0. The summed E-state index contributed by atoms with van der Waals surface area (Å²) in [6.07, 6.45) is 0.358. The highest BCUT2D eigenvalue weighted by molar-refractivity contribution is 6.05. The van der Waals surface area contributed by atoms with Gasteiger partial charge in [0.05, 0.1) is 7.11 Å². The van der Waals surface area contributed by atoms with Crippen LogP contribution in [0.1, 0.15) is 13.3 Å². The van der Waals surface area contributed by atoms with Gasteiger partial charge in [0, 0.05) is 12.7 Å². The summed E-state index contributed by atoms with van der Waals surface area (Å²) in [7, 11) is 2.79. The van der Waals surface area contributed by atoms with Crippen LogP contribution in [0.3, 0.4) is 0 Å². The van der Waals surface area contributed by atoms with Crippen molar-refractivity contribution >= 4 is 17.6 Å². The van der Waals surface area contributed by atoms with E-state index >= 15 is 0 Å². The molecule has 98 valence electrons. The maximum Gasteiger partial charge on any atom is 0.318 e. The van der Waals surface area contributed by atoms with Crippen molar-refractivity contribution in [3.05, 3.63) is 30.1 Å². The van der Waals surface area contributed by atoms with E-state index < -0.39 is 11.9 Å². The number of carbonyl (C=O) groups is 2. The smallest absolute Gasteiger partial charge is 0.318 e. The topological polar surface area (TPSA) is 46.6 Å². The molecular formula is C13H16FNO3. The minimum atomic E-state index is -0.829. The first kappa shape index (κ1) is 14.2. The molecule has 1 atom stereocenters. The average molecular weight is 253 g/mol. The minimum Gasteiger partial charge on any atom is -0.468 e. The standard InChI is InChI=1S/C13H16FNO3/c1-4-11(13(17)18-3)12(16)15(2)10-7-5-9(14)6-8-10/h5-8,11H,4H2,1-3H3. The molecule has 1 unspecified atom stereocenters. The normalized spacial score (nSPS) is 11.8. The number of ether oxygens (including phenoxy) is 1. The van der Waals surface area contributed by atoms with Gasteiger partial charge in [-0.15, -0.1) is 0 Å². The summed E-state index contributed by atoms with van der Waals surface area (Å²) >= 11 is 0. The fourth-order valence-corrected chi connectivity index (χ4v) is 1.61. The van der Waals surface area contributed by atoms with E-state index in [4.69, 9.17) is 0 Å². The maximum atomic E-state index is 12.8. The first-order valence-corrected chi connectivity index (χ1v) is 5.62. The number of nitrogens with zero attached hydrogens (tertiary/aromatic N) is 1. The highest BCUT2D eigenvalue weighted by Crippen LogP contribution is 2.17. The Labute approximate surface area is 105 Å². The molecule has 0 heterocycles. The number of carbonyl (C=O) groups excluding carboxylic acids is 2. The molecular weight excluding hydrogens is 237 g/mol. The molecule has 1 rings (SSSR count). The van der Waals surface area contributed by atoms with Gasteiger partial charge in [-0.2, -0.15) is 0 Å². The lowest BCUT2D eigenvalue weighted by Crippen LogP contribution is -2.37. The molecule has 0 aliphatic carbocycles. The van der Waals surface area contributed by atoms with Crippen molar-refractivity contribution in [2.45, 2.75) is 13.3 Å². The Morgan fingerprint density at radius 3 is 2.33 bits per heavy atom. The molecule has 0 saturated heterocycles. The van der Waals surface area contributed by atoms with Crippen LogP contribution in [0.25, 0.3) is 0 Å². The van der Waals surface area contributed by atoms with Crippen LogP contribution >= 0.6 is 0 Å². The highest BCUT2D eigenvalue weighted by Gasteiger charge is 2.28. The molecule has 0 aromatic heterocycles. The fourth-order valence-electron chi connectivity index (χ4n) is 1.61. The van der Waals surface area contributed by atoms with Crippen molar-refractivity contribution < 1.29 is 18.7 Å². The van der Waals surface area contributed by atoms with Gasteiger partial charge in [-0.25, -0.2) is 4.39 Å². The predicted octanol–water partition coefficient (Wildman–Crippen LogP) is 1.99. The Bertz CT molecular complexity index is 430. The molecule has 4 nitrogen and oxygen atoms in total. The Kier molecular flexibility index (Phi) is 4.83. The quantitative estimate of drug-likeness (QED) is 0.609. The zero-order chi connectivity index (χ0) is 13.7. The van der Waals surface area contributed by atoms with Crippen LogP contribution in [-0.2, 0) is 14.3 Å². The van der Waals surface area contributed by atoms with Crippen LogP contribution in [0.4, 0.5) is 10.1 Å². The van der Waals surface area contributed by atoms with Crippen molar-refractivity contribution in [3.63, 3.8) is 0 Å². The van der Waals surface area contributed by atoms with E-state index in [1.54, 1.807) is 14.0 Å². The molecule has 0 fully saturated rings. The molecule has 5 heteroatoms. The first-order chi connectivity index (χ1) is 8.51. The number of halogens is 1. The molecule has 1 aromatic rings. The number of hydrogen-bond donors (Lipinski definition) is 0. The minimum absolute atomic E-state index is 0.358. The number of anilines is 1. The Morgan fingerprint density at radius 2 is 1.89 bits per heavy atom. The SMILES string of the molecule is CCC(C(=O)OC)C(=O)N(C)c1ccc(F)cc1. The van der Waals surface area contributed by atoms with Crippen LogP contribution in [0.5, 0.6) is 0 Å². The summed E-state index contributed by atoms with van der Waals surface area (Å²) in [5.41, 5.74) is 0.531. The van der Waals surface area contributed by atoms with Gasteiger partial charge in [-0.05, 0) is 30.7 Å². The van der Waals surface area contributed by atoms with E-state index in [0.29, 0.717) is 12.1 Å². The molecule has 18 heavy (non-hydrogen) atoms. The van der Waals surface area contributed by atoms with Crippen molar-refractivity contribution in [1.29, 1.82) is 0 Å². The van der Waals surface area contributed by atoms with Gasteiger partial charge in [-0.1, -0.05) is 6.92 Å². The van der Waals surface area contributed by atoms with E-state index in [0.717, 1.165) is 0 Å². The van der Waals surface area contributed by atoms with Crippen LogP contribution < -0.4 is 4.90 Å². The lowest BCUT2D eigenvalue weighted by molar-refractivity contribution is -0.149. The number of hydrogen-bond acceptors (Lipinski definition) is 3. The van der Waals surface area contributed by atoms with Gasteiger partial charge in [0.25, 0.3) is 0 Å². The zero-order valence-corrected chi connectivity index (χ0v) is 10.6. The van der Waals surface area contributed by atoms with E-state index in [9.17, 15) is 14.0 Å². The Hall–Kier alpha value is -1.91. The summed E-state index contributed by atoms with van der Waals surface area (Å²) in [6.45, 7) is 1.73. The van der Waals surface area contributed by atoms with Gasteiger partial charge >= 0.3 is 5.97 Å². The molecule has 0 aliphatic heterocycles. The number of methoxy groups -OCH3 is 1. The second-order valence-corrected chi connectivity index (χ2v) is 3.86. The highest BCUT2D eigenvalue weighted by atomic mass is 19.1. The lowest BCUT2D eigenvalue weighted by atomic mass is 10.1. The van der Waals surface area contributed by atoms with Gasteiger partial charge in [-0.3, -0.25) is 9.59 Å². The third kappa shape index (κ3) is 3.06. The number of benzene rings is 1. The van der Waals surface area contributed by atoms with Crippen molar-refractivity contribution in [2.24, 2.45) is 5.92 Å². The van der Waals surface area contributed by atoms with E-state index in [1.165, 1.54) is 36.3 Å². The summed E-state index contributed by atoms with van der Waals surface area (Å²) < 4.78 is 17.4. The second-order valence-electron chi connectivity index (χ2n) is 3.86. The summed E-state index contributed by atoms with van der Waals surface area (Å²) in [5.74, 6) is -2.13. The monoisotopic (exact) mass is 253 g/mol. The summed E-state index contributed by atoms with van der Waals surface area (Å²) in [4.78, 5) is 24.9. The van der Waals surface area contributed by atoms with Crippen LogP contribution in [0.2, 0.25) is 0 Å². The molecule has 0 saturated carbocycles. The molecule has 0 radical (unpaired) electrons. The zero-order valence-electron chi connectivity index (χ0n) is 10.6. The van der Waals surface area contributed by atoms with Gasteiger partial charge in [0.1, 0.15) is 11.7 Å². The van der Waals surface area contributed by atoms with E-state index in [2.05, 4.69) is 4.74 Å². The predicted molar refractivity (Wildman–Crippen MR) is 65.6 cm³/mol. The summed E-state index contributed by atoms with van der Waals surface area (Å²) in [6, 6.07) is 5.49. The van der Waals surface area contributed by atoms with Gasteiger partial charge in [0.15, 0.2) is 0 Å². The van der Waals surface area contributed by atoms with Crippen LogP contribution in [0.15, 0.2) is 24.3 Å². The van der Waals surface area contributed by atoms with Crippen molar-refractivity contribution in [3.8, 4) is 0 Å². The number of esters is 1. The number of amides is 1. The molecule has 1 amide bonds. The van der Waals surface area contributed by atoms with Crippen molar-refractivity contribution in [2.75, 3.05) is 19.1 Å². The van der Waals surface area contributed by atoms with E-state index in [1.807, 2.05) is 0 Å².